The fourth-order valence-electron chi connectivity index (χ4n) is 3.17. The maximum absolute atomic E-state index is 13.3. The van der Waals surface area contributed by atoms with E-state index in [2.05, 4.69) is 18.9 Å². The van der Waals surface area contributed by atoms with Gasteiger partial charge < -0.3 is 0 Å². The number of nitriles is 1. The fourth-order valence-corrected chi connectivity index (χ4v) is 3.17. The molecule has 0 spiro atoms. The van der Waals surface area contributed by atoms with Gasteiger partial charge in [0.2, 0.25) is 0 Å². The molecule has 1 aliphatic carbocycles. The molecule has 0 unspecified atom stereocenters. The third-order valence-corrected chi connectivity index (χ3v) is 4.60. The normalized spacial score (nSPS) is 22.8. The molecule has 0 amide bonds. The second-order valence-electron chi connectivity index (χ2n) is 5.92. The predicted octanol–water partition coefficient (Wildman–Crippen LogP) is 4.10. The van der Waals surface area contributed by atoms with Crippen molar-refractivity contribution in [2.75, 3.05) is 7.05 Å². The lowest BCUT2D eigenvalue weighted by atomic mass is 9.84. The summed E-state index contributed by atoms with van der Waals surface area (Å²) in [5, 5.41) is 8.88. The smallest absolute Gasteiger partial charge is 0.140 e. The zero-order valence-corrected chi connectivity index (χ0v) is 12.4. The van der Waals surface area contributed by atoms with Gasteiger partial charge in [0.1, 0.15) is 11.9 Å². The highest BCUT2D eigenvalue weighted by molar-refractivity contribution is 5.34. The van der Waals surface area contributed by atoms with E-state index in [-0.39, 0.29) is 5.56 Å². The Balaban J connectivity index is 1.95. The minimum atomic E-state index is -0.428. The van der Waals surface area contributed by atoms with Crippen LogP contribution in [0.4, 0.5) is 4.39 Å². The van der Waals surface area contributed by atoms with Crippen molar-refractivity contribution in [3.05, 3.63) is 35.1 Å². The van der Waals surface area contributed by atoms with E-state index in [1.807, 2.05) is 6.07 Å². The zero-order valence-electron chi connectivity index (χ0n) is 12.4. The summed E-state index contributed by atoms with van der Waals surface area (Å²) in [5.74, 6) is 0.470. The number of halogens is 1. The quantitative estimate of drug-likeness (QED) is 0.826. The van der Waals surface area contributed by atoms with Gasteiger partial charge in [-0.05, 0) is 56.3 Å². The van der Waals surface area contributed by atoms with Crippen molar-refractivity contribution >= 4 is 0 Å². The molecular weight excluding hydrogens is 251 g/mol. The van der Waals surface area contributed by atoms with Gasteiger partial charge in [-0.3, -0.25) is 4.90 Å². The highest BCUT2D eigenvalue weighted by Crippen LogP contribution is 2.29. The molecule has 1 saturated carbocycles. The van der Waals surface area contributed by atoms with Crippen LogP contribution in [-0.2, 0) is 6.54 Å². The molecule has 0 heterocycles. The van der Waals surface area contributed by atoms with Crippen LogP contribution in [0.15, 0.2) is 18.2 Å². The van der Waals surface area contributed by atoms with Crippen molar-refractivity contribution in [3.8, 4) is 6.07 Å². The number of rotatable bonds is 4. The first-order valence-electron chi connectivity index (χ1n) is 7.52. The Morgan fingerprint density at radius 3 is 2.60 bits per heavy atom. The van der Waals surface area contributed by atoms with Crippen molar-refractivity contribution < 1.29 is 4.39 Å². The summed E-state index contributed by atoms with van der Waals surface area (Å²) < 4.78 is 13.3. The summed E-state index contributed by atoms with van der Waals surface area (Å²) >= 11 is 0. The Morgan fingerprint density at radius 1 is 1.30 bits per heavy atom. The van der Waals surface area contributed by atoms with Crippen molar-refractivity contribution in [2.24, 2.45) is 5.92 Å². The van der Waals surface area contributed by atoms with E-state index < -0.39 is 5.82 Å². The lowest BCUT2D eigenvalue weighted by Crippen LogP contribution is -2.34. The molecule has 20 heavy (non-hydrogen) atoms. The lowest BCUT2D eigenvalue weighted by Gasteiger charge is -2.34. The molecule has 0 saturated heterocycles. The molecule has 0 radical (unpaired) electrons. The second-order valence-corrected chi connectivity index (χ2v) is 5.92. The average molecular weight is 274 g/mol. The first-order chi connectivity index (χ1) is 9.63. The minimum Gasteiger partial charge on any atom is -0.299 e. The average Bonchev–Trinajstić information content (AvgIpc) is 2.49. The first kappa shape index (κ1) is 15.0. The lowest BCUT2D eigenvalue weighted by molar-refractivity contribution is 0.157. The molecule has 108 valence electrons. The van der Waals surface area contributed by atoms with Crippen LogP contribution in [0, 0.1) is 23.1 Å². The maximum atomic E-state index is 13.3. The highest BCUT2D eigenvalue weighted by Gasteiger charge is 2.23. The highest BCUT2D eigenvalue weighted by atomic mass is 19.1. The van der Waals surface area contributed by atoms with Crippen LogP contribution in [0.5, 0.6) is 0 Å². The van der Waals surface area contributed by atoms with E-state index in [4.69, 9.17) is 5.26 Å². The Morgan fingerprint density at radius 2 is 2.00 bits per heavy atom. The first-order valence-corrected chi connectivity index (χ1v) is 7.52. The summed E-state index contributed by atoms with van der Waals surface area (Å²) in [7, 11) is 2.13. The van der Waals surface area contributed by atoms with Crippen LogP contribution in [0.3, 0.4) is 0 Å². The van der Waals surface area contributed by atoms with Crippen molar-refractivity contribution in [1.82, 2.24) is 4.90 Å². The topological polar surface area (TPSA) is 27.0 Å². The Labute approximate surface area is 121 Å². The minimum absolute atomic E-state index is 0.144. The van der Waals surface area contributed by atoms with Crippen molar-refractivity contribution in [3.63, 3.8) is 0 Å². The summed E-state index contributed by atoms with van der Waals surface area (Å²) in [4.78, 5) is 2.35. The summed E-state index contributed by atoms with van der Waals surface area (Å²) in [6.45, 7) is 3.06. The van der Waals surface area contributed by atoms with Gasteiger partial charge >= 0.3 is 0 Å². The van der Waals surface area contributed by atoms with Crippen LogP contribution in [0.2, 0.25) is 0 Å². The summed E-state index contributed by atoms with van der Waals surface area (Å²) in [5.41, 5.74) is 1.16. The molecule has 1 aromatic rings. The standard InChI is InChI=1S/C17H23FN2/c1-3-13-4-7-16(8-5-13)20(2)12-14-6-9-17(18)15(10-14)11-19/h6,9-10,13,16H,3-5,7-8,12H2,1-2H3. The molecule has 1 fully saturated rings. The molecule has 3 heteroatoms. The molecule has 0 bridgehead atoms. The Bertz CT molecular complexity index is 484. The van der Waals surface area contributed by atoms with Crippen molar-refractivity contribution in [1.29, 1.82) is 5.26 Å². The SMILES string of the molecule is CCC1CCC(N(C)Cc2ccc(F)c(C#N)c2)CC1. The van der Waals surface area contributed by atoms with Gasteiger partial charge in [0.05, 0.1) is 5.56 Å². The molecule has 1 aliphatic rings. The van der Waals surface area contributed by atoms with Crippen LogP contribution in [-0.4, -0.2) is 18.0 Å². The van der Waals surface area contributed by atoms with Crippen molar-refractivity contribution in [2.45, 2.75) is 51.6 Å². The summed E-state index contributed by atoms with van der Waals surface area (Å²) in [6, 6.07) is 7.38. The van der Waals surface area contributed by atoms with Gasteiger partial charge in [0, 0.05) is 12.6 Å². The van der Waals surface area contributed by atoms with E-state index in [1.165, 1.54) is 38.2 Å². The van der Waals surface area contributed by atoms with Gasteiger partial charge in [0.15, 0.2) is 0 Å². The Hall–Kier alpha value is -1.40. The number of benzene rings is 1. The summed E-state index contributed by atoms with van der Waals surface area (Å²) in [6.07, 6.45) is 6.43. The van der Waals surface area contributed by atoms with E-state index in [9.17, 15) is 4.39 Å². The zero-order chi connectivity index (χ0) is 14.5. The predicted molar refractivity (Wildman–Crippen MR) is 78.6 cm³/mol. The Kier molecular flexibility index (Phi) is 5.14. The molecular formula is C17H23FN2. The molecule has 0 atom stereocenters. The van der Waals surface area contributed by atoms with E-state index in [1.54, 1.807) is 12.1 Å². The van der Waals surface area contributed by atoms with Gasteiger partial charge in [-0.2, -0.15) is 5.26 Å². The molecule has 0 N–H and O–H groups in total. The van der Waals surface area contributed by atoms with E-state index in [0.29, 0.717) is 6.04 Å². The number of hydrogen-bond donors (Lipinski definition) is 0. The number of nitrogens with zero attached hydrogens (tertiary/aromatic N) is 2. The monoisotopic (exact) mass is 274 g/mol. The fraction of sp³-hybridized carbons (Fsp3) is 0.588. The van der Waals surface area contributed by atoms with E-state index in [0.717, 1.165) is 18.0 Å². The molecule has 2 nitrogen and oxygen atoms in total. The molecule has 2 rings (SSSR count). The van der Waals surface area contributed by atoms with E-state index >= 15 is 0 Å². The number of hydrogen-bond acceptors (Lipinski definition) is 2. The molecule has 1 aromatic carbocycles. The van der Waals surface area contributed by atoms with Crippen LogP contribution < -0.4 is 0 Å². The molecule has 0 aliphatic heterocycles. The van der Waals surface area contributed by atoms with Gasteiger partial charge in [-0.25, -0.2) is 4.39 Å². The van der Waals surface area contributed by atoms with Gasteiger partial charge in [-0.15, -0.1) is 0 Å². The maximum Gasteiger partial charge on any atom is 0.140 e. The van der Waals surface area contributed by atoms with Crippen LogP contribution in [0.25, 0.3) is 0 Å². The van der Waals surface area contributed by atoms with Crippen LogP contribution >= 0.6 is 0 Å². The molecule has 0 aromatic heterocycles. The second kappa shape index (κ2) is 6.85. The van der Waals surface area contributed by atoms with Gasteiger partial charge in [-0.1, -0.05) is 19.4 Å². The van der Waals surface area contributed by atoms with Crippen LogP contribution in [0.1, 0.15) is 50.2 Å². The third-order valence-electron chi connectivity index (χ3n) is 4.60. The third kappa shape index (κ3) is 3.58. The largest absolute Gasteiger partial charge is 0.299 e. The van der Waals surface area contributed by atoms with Gasteiger partial charge in [0.25, 0.3) is 0 Å².